The lowest BCUT2D eigenvalue weighted by Crippen LogP contribution is -2.14. The van der Waals surface area contributed by atoms with Gasteiger partial charge in [-0.2, -0.15) is 0 Å². The molecule has 0 saturated carbocycles. The van der Waals surface area contributed by atoms with Crippen LogP contribution >= 0.6 is 27.5 Å². The highest BCUT2D eigenvalue weighted by atomic mass is 79.9. The van der Waals surface area contributed by atoms with Gasteiger partial charge in [0.05, 0.1) is 15.1 Å². The van der Waals surface area contributed by atoms with Crippen LogP contribution in [0.3, 0.4) is 0 Å². The Morgan fingerprint density at radius 2 is 2.05 bits per heavy atom. The number of rotatable bonds is 3. The summed E-state index contributed by atoms with van der Waals surface area (Å²) < 4.78 is 40.3. The fourth-order valence-corrected chi connectivity index (χ4v) is 3.19. The van der Waals surface area contributed by atoms with Crippen molar-refractivity contribution >= 4 is 43.2 Å². The number of nitrogens with one attached hydrogen (secondary N) is 1. The van der Waals surface area contributed by atoms with Crippen molar-refractivity contribution in [3.63, 3.8) is 0 Å². The van der Waals surface area contributed by atoms with Crippen LogP contribution in [0.4, 0.5) is 10.1 Å². The number of pyridine rings is 1. The second-order valence-electron chi connectivity index (χ2n) is 3.98. The Balaban J connectivity index is 2.43. The highest BCUT2D eigenvalue weighted by Gasteiger charge is 2.18. The van der Waals surface area contributed by atoms with Gasteiger partial charge in [0, 0.05) is 6.20 Å². The van der Waals surface area contributed by atoms with Crippen LogP contribution in [0, 0.1) is 12.7 Å². The summed E-state index contributed by atoms with van der Waals surface area (Å²) in [5.74, 6) is -0.665. The van der Waals surface area contributed by atoms with Gasteiger partial charge in [0.1, 0.15) is 5.82 Å². The highest BCUT2D eigenvalue weighted by Crippen LogP contribution is 2.27. The monoisotopic (exact) mass is 378 g/mol. The molecule has 0 spiro atoms. The van der Waals surface area contributed by atoms with Gasteiger partial charge in [-0.15, -0.1) is 0 Å². The van der Waals surface area contributed by atoms with Gasteiger partial charge in [0.25, 0.3) is 10.0 Å². The zero-order valence-electron chi connectivity index (χ0n) is 10.2. The largest absolute Gasteiger partial charge is 0.276 e. The molecule has 2 rings (SSSR count). The van der Waals surface area contributed by atoms with Crippen molar-refractivity contribution in [3.8, 4) is 0 Å². The van der Waals surface area contributed by atoms with Gasteiger partial charge in [-0.25, -0.2) is 17.8 Å². The Bertz CT molecular complexity index is 748. The van der Waals surface area contributed by atoms with Crippen molar-refractivity contribution < 1.29 is 12.8 Å². The molecular formula is C12H9BrClFN2O2S. The first-order chi connectivity index (χ1) is 9.31. The van der Waals surface area contributed by atoms with Crippen LogP contribution in [0.2, 0.25) is 5.15 Å². The summed E-state index contributed by atoms with van der Waals surface area (Å²) in [6.07, 6.45) is 1.47. The van der Waals surface area contributed by atoms with E-state index in [1.165, 1.54) is 18.3 Å². The lowest BCUT2D eigenvalue weighted by molar-refractivity contribution is 0.593. The fraction of sp³-hybridized carbons (Fsp3) is 0.0833. The molecule has 0 bridgehead atoms. The molecule has 1 aromatic carbocycles. The summed E-state index contributed by atoms with van der Waals surface area (Å²) in [5.41, 5.74) is 0.795. The van der Waals surface area contributed by atoms with Gasteiger partial charge in [-0.3, -0.25) is 4.72 Å². The van der Waals surface area contributed by atoms with E-state index in [9.17, 15) is 12.8 Å². The van der Waals surface area contributed by atoms with Crippen molar-refractivity contribution in [2.45, 2.75) is 11.8 Å². The molecule has 2 aromatic rings. The first-order valence-electron chi connectivity index (χ1n) is 5.40. The summed E-state index contributed by atoms with van der Waals surface area (Å²) in [5, 5.41) is 0.0335. The summed E-state index contributed by atoms with van der Waals surface area (Å²) >= 11 is 8.82. The molecular weight excluding hydrogens is 371 g/mol. The maximum atomic E-state index is 13.4. The number of hydrogen-bond donors (Lipinski definition) is 1. The summed E-state index contributed by atoms with van der Waals surface area (Å²) in [6, 6.07) is 5.15. The van der Waals surface area contributed by atoms with E-state index in [0.717, 1.165) is 6.07 Å². The Labute approximate surface area is 129 Å². The second kappa shape index (κ2) is 5.67. The van der Waals surface area contributed by atoms with Gasteiger partial charge < -0.3 is 0 Å². The van der Waals surface area contributed by atoms with Gasteiger partial charge in [-0.05, 0) is 52.7 Å². The van der Waals surface area contributed by atoms with E-state index < -0.39 is 15.8 Å². The van der Waals surface area contributed by atoms with E-state index in [1.54, 1.807) is 13.0 Å². The minimum Gasteiger partial charge on any atom is -0.276 e. The van der Waals surface area contributed by atoms with E-state index in [0.29, 0.717) is 5.56 Å². The normalized spacial score (nSPS) is 11.4. The Morgan fingerprint density at radius 3 is 2.65 bits per heavy atom. The number of aromatic nitrogens is 1. The smallest absolute Gasteiger partial charge is 0.262 e. The summed E-state index contributed by atoms with van der Waals surface area (Å²) in [6.45, 7) is 1.69. The Morgan fingerprint density at radius 1 is 1.35 bits per heavy atom. The molecule has 8 heteroatoms. The van der Waals surface area contributed by atoms with Crippen LogP contribution in [0.15, 0.2) is 39.8 Å². The zero-order chi connectivity index (χ0) is 14.9. The molecule has 4 nitrogen and oxygen atoms in total. The topological polar surface area (TPSA) is 59.1 Å². The minimum absolute atomic E-state index is 0.0335. The second-order valence-corrected chi connectivity index (χ2v) is 6.87. The predicted molar refractivity (Wildman–Crippen MR) is 78.9 cm³/mol. The van der Waals surface area contributed by atoms with Crippen LogP contribution in [0.1, 0.15) is 5.56 Å². The SMILES string of the molecule is Cc1ccnc(Cl)c1NS(=O)(=O)c1ccc(Br)c(F)c1. The molecule has 0 atom stereocenters. The standard InChI is InChI=1S/C12H9BrClFN2O2S/c1-7-4-5-16-12(14)11(7)17-20(18,19)8-2-3-9(13)10(15)6-8/h2-6,17H,1H3. The van der Waals surface area contributed by atoms with E-state index in [2.05, 4.69) is 25.6 Å². The van der Waals surface area contributed by atoms with Crippen molar-refractivity contribution in [2.75, 3.05) is 4.72 Å². The summed E-state index contributed by atoms with van der Waals surface area (Å²) in [7, 11) is -3.93. The lowest BCUT2D eigenvalue weighted by Gasteiger charge is -2.11. The van der Waals surface area contributed by atoms with Gasteiger partial charge >= 0.3 is 0 Å². The number of aryl methyl sites for hydroxylation is 1. The molecule has 0 saturated heterocycles. The van der Waals surface area contributed by atoms with Crippen molar-refractivity contribution in [3.05, 3.63) is 51.5 Å². The predicted octanol–water partition coefficient (Wildman–Crippen LogP) is 3.75. The molecule has 0 radical (unpaired) electrons. The molecule has 1 aromatic heterocycles. The first-order valence-corrected chi connectivity index (χ1v) is 8.05. The minimum atomic E-state index is -3.93. The molecule has 0 aliphatic heterocycles. The number of benzene rings is 1. The van der Waals surface area contributed by atoms with Gasteiger partial charge in [0.15, 0.2) is 5.15 Å². The number of anilines is 1. The fourth-order valence-electron chi connectivity index (χ4n) is 1.48. The zero-order valence-corrected chi connectivity index (χ0v) is 13.4. The van der Waals surface area contributed by atoms with E-state index in [1.807, 2.05) is 0 Å². The average Bonchev–Trinajstić information content (AvgIpc) is 2.37. The molecule has 1 heterocycles. The summed E-state index contributed by atoms with van der Waals surface area (Å²) in [4.78, 5) is 3.61. The molecule has 0 fully saturated rings. The van der Waals surface area contributed by atoms with Crippen LogP contribution in [0.25, 0.3) is 0 Å². The number of halogens is 3. The Hall–Kier alpha value is -1.18. The molecule has 20 heavy (non-hydrogen) atoms. The van der Waals surface area contributed by atoms with E-state index in [4.69, 9.17) is 11.6 Å². The first kappa shape index (κ1) is 15.2. The van der Waals surface area contributed by atoms with Gasteiger partial charge in [-0.1, -0.05) is 11.6 Å². The third-order valence-corrected chi connectivity index (χ3v) is 4.83. The molecule has 0 aliphatic carbocycles. The number of nitrogens with zero attached hydrogens (tertiary/aromatic N) is 1. The molecule has 106 valence electrons. The van der Waals surface area contributed by atoms with Gasteiger partial charge in [0.2, 0.25) is 0 Å². The highest BCUT2D eigenvalue weighted by molar-refractivity contribution is 9.10. The Kier molecular flexibility index (Phi) is 4.31. The van der Waals surface area contributed by atoms with Crippen LogP contribution in [-0.2, 0) is 10.0 Å². The molecule has 0 amide bonds. The van der Waals surface area contributed by atoms with Crippen LogP contribution in [-0.4, -0.2) is 13.4 Å². The maximum absolute atomic E-state index is 13.4. The number of sulfonamides is 1. The quantitative estimate of drug-likeness (QED) is 0.826. The van der Waals surface area contributed by atoms with E-state index in [-0.39, 0.29) is 20.2 Å². The van der Waals surface area contributed by atoms with E-state index >= 15 is 0 Å². The lowest BCUT2D eigenvalue weighted by atomic mass is 10.3. The van der Waals surface area contributed by atoms with Crippen LogP contribution < -0.4 is 4.72 Å². The molecule has 0 aliphatic rings. The number of hydrogen-bond acceptors (Lipinski definition) is 3. The van der Waals surface area contributed by atoms with Crippen molar-refractivity contribution in [1.29, 1.82) is 0 Å². The average molecular weight is 380 g/mol. The van der Waals surface area contributed by atoms with Crippen molar-refractivity contribution in [1.82, 2.24) is 4.98 Å². The maximum Gasteiger partial charge on any atom is 0.262 e. The van der Waals surface area contributed by atoms with Crippen molar-refractivity contribution in [2.24, 2.45) is 0 Å². The third-order valence-electron chi connectivity index (χ3n) is 2.55. The molecule has 0 unspecified atom stereocenters. The third kappa shape index (κ3) is 3.11. The molecule has 1 N–H and O–H groups in total. The van der Waals surface area contributed by atoms with Crippen LogP contribution in [0.5, 0.6) is 0 Å².